The van der Waals surface area contributed by atoms with Gasteiger partial charge in [-0.25, -0.2) is 0 Å². The third-order valence-corrected chi connectivity index (χ3v) is 6.54. The van der Waals surface area contributed by atoms with Crippen molar-refractivity contribution >= 4 is 27.4 Å². The Bertz CT molecular complexity index is 1030. The first-order valence-electron chi connectivity index (χ1n) is 9.84. The van der Waals surface area contributed by atoms with Gasteiger partial charge in [0, 0.05) is 20.5 Å². The van der Waals surface area contributed by atoms with Gasteiger partial charge in [-0.1, -0.05) is 45.0 Å². The van der Waals surface area contributed by atoms with Crippen LogP contribution in [0.1, 0.15) is 50.0 Å². The molecule has 0 bridgehead atoms. The van der Waals surface area contributed by atoms with Crippen molar-refractivity contribution in [2.45, 2.75) is 46.0 Å². The predicted octanol–water partition coefficient (Wildman–Crippen LogP) is 6.50. The lowest BCUT2D eigenvalue weighted by atomic mass is 9.82. The van der Waals surface area contributed by atoms with Crippen LogP contribution in [-0.2, 0) is 11.2 Å². The number of ether oxygens (including phenoxy) is 1. The van der Waals surface area contributed by atoms with E-state index >= 15 is 0 Å². The molecule has 0 amide bonds. The van der Waals surface area contributed by atoms with Crippen LogP contribution in [0.25, 0.3) is 21.2 Å². The van der Waals surface area contributed by atoms with Crippen LogP contribution < -0.4 is 4.74 Å². The fourth-order valence-electron chi connectivity index (χ4n) is 4.03. The van der Waals surface area contributed by atoms with E-state index in [-0.39, 0.29) is 5.41 Å². The maximum atomic E-state index is 12.3. The van der Waals surface area contributed by atoms with E-state index in [0.717, 1.165) is 51.3 Å². The van der Waals surface area contributed by atoms with Crippen LogP contribution >= 0.6 is 11.3 Å². The molecule has 1 N–H and O–H groups in total. The average molecular weight is 395 g/mol. The second kappa shape index (κ2) is 7.25. The van der Waals surface area contributed by atoms with Crippen LogP contribution in [0.15, 0.2) is 42.5 Å². The van der Waals surface area contributed by atoms with Crippen molar-refractivity contribution in [2.24, 2.45) is 5.41 Å². The van der Waals surface area contributed by atoms with Gasteiger partial charge >= 0.3 is 5.97 Å². The number of carboxylic acids is 1. The average Bonchev–Trinajstić information content (AvgIpc) is 3.04. The number of carboxylic acid groups (broad SMARTS) is 1. The SMILES string of the molecule is CC(C)(C)CC(C(=O)O)c1sc2ccccc2c1-c1ccc2c(c1)CCCO2. The Labute approximate surface area is 170 Å². The van der Waals surface area contributed by atoms with Gasteiger partial charge in [-0.2, -0.15) is 0 Å². The van der Waals surface area contributed by atoms with Crippen molar-refractivity contribution in [3.63, 3.8) is 0 Å². The van der Waals surface area contributed by atoms with Gasteiger partial charge in [-0.05, 0) is 54.0 Å². The van der Waals surface area contributed by atoms with E-state index in [0.29, 0.717) is 6.42 Å². The fraction of sp³-hybridized carbons (Fsp3) is 0.375. The molecule has 28 heavy (non-hydrogen) atoms. The van der Waals surface area contributed by atoms with Crippen LogP contribution in [0, 0.1) is 5.41 Å². The molecule has 3 nitrogen and oxygen atoms in total. The number of hydrogen-bond donors (Lipinski definition) is 1. The zero-order valence-corrected chi connectivity index (χ0v) is 17.4. The molecule has 1 atom stereocenters. The Hall–Kier alpha value is -2.33. The molecule has 1 aliphatic rings. The molecule has 2 heterocycles. The molecule has 2 aromatic carbocycles. The first-order valence-corrected chi connectivity index (χ1v) is 10.7. The van der Waals surface area contributed by atoms with Gasteiger partial charge in [0.1, 0.15) is 5.75 Å². The lowest BCUT2D eigenvalue weighted by molar-refractivity contribution is -0.139. The van der Waals surface area contributed by atoms with Crippen molar-refractivity contribution in [3.8, 4) is 16.9 Å². The van der Waals surface area contributed by atoms with Gasteiger partial charge in [0.05, 0.1) is 12.5 Å². The van der Waals surface area contributed by atoms with Crippen molar-refractivity contribution in [1.29, 1.82) is 0 Å². The lowest BCUT2D eigenvalue weighted by Crippen LogP contribution is -2.19. The quantitative estimate of drug-likeness (QED) is 0.549. The monoisotopic (exact) mass is 394 g/mol. The molecule has 1 unspecified atom stereocenters. The van der Waals surface area contributed by atoms with Gasteiger partial charge in [0.15, 0.2) is 0 Å². The summed E-state index contributed by atoms with van der Waals surface area (Å²) >= 11 is 1.62. The molecule has 1 aliphatic heterocycles. The number of thiophene rings is 1. The van der Waals surface area contributed by atoms with Gasteiger partial charge < -0.3 is 9.84 Å². The second-order valence-corrected chi connectivity index (χ2v) is 9.85. The zero-order valence-electron chi connectivity index (χ0n) is 16.6. The van der Waals surface area contributed by atoms with E-state index in [1.54, 1.807) is 11.3 Å². The van der Waals surface area contributed by atoms with Gasteiger partial charge in [-0.15, -0.1) is 11.3 Å². The maximum absolute atomic E-state index is 12.3. The Balaban J connectivity index is 1.92. The predicted molar refractivity (Wildman–Crippen MR) is 116 cm³/mol. The summed E-state index contributed by atoms with van der Waals surface area (Å²) in [6.07, 6.45) is 2.64. The summed E-state index contributed by atoms with van der Waals surface area (Å²) in [4.78, 5) is 13.2. The second-order valence-electron chi connectivity index (χ2n) is 8.77. The molecular formula is C24H26O3S. The molecule has 0 saturated heterocycles. The van der Waals surface area contributed by atoms with Gasteiger partial charge in [-0.3, -0.25) is 4.79 Å². The van der Waals surface area contributed by atoms with Crippen LogP contribution in [-0.4, -0.2) is 17.7 Å². The minimum absolute atomic E-state index is 0.0693. The molecule has 0 aliphatic carbocycles. The molecule has 0 fully saturated rings. The highest BCUT2D eigenvalue weighted by Gasteiger charge is 2.31. The summed E-state index contributed by atoms with van der Waals surface area (Å²) in [5.41, 5.74) is 3.32. The molecule has 0 spiro atoms. The number of hydrogen-bond acceptors (Lipinski definition) is 3. The summed E-state index contributed by atoms with van der Waals surface area (Å²) < 4.78 is 6.91. The topological polar surface area (TPSA) is 46.5 Å². The van der Waals surface area contributed by atoms with E-state index in [1.165, 1.54) is 5.56 Å². The summed E-state index contributed by atoms with van der Waals surface area (Å²) in [5, 5.41) is 11.2. The van der Waals surface area contributed by atoms with E-state index in [4.69, 9.17) is 4.74 Å². The van der Waals surface area contributed by atoms with Gasteiger partial charge in [0.25, 0.3) is 0 Å². The fourth-order valence-corrected chi connectivity index (χ4v) is 5.35. The summed E-state index contributed by atoms with van der Waals surface area (Å²) in [6, 6.07) is 14.6. The van der Waals surface area contributed by atoms with Crippen molar-refractivity contribution < 1.29 is 14.6 Å². The summed E-state index contributed by atoms with van der Waals surface area (Å²) in [5.74, 6) is -0.302. The highest BCUT2D eigenvalue weighted by atomic mass is 32.1. The highest BCUT2D eigenvalue weighted by Crippen LogP contribution is 2.46. The van der Waals surface area contributed by atoms with E-state index < -0.39 is 11.9 Å². The summed E-state index contributed by atoms with van der Waals surface area (Å²) in [7, 11) is 0. The van der Waals surface area contributed by atoms with Crippen LogP contribution in [0.4, 0.5) is 0 Å². The van der Waals surface area contributed by atoms with E-state index in [9.17, 15) is 9.90 Å². The van der Waals surface area contributed by atoms with Crippen molar-refractivity contribution in [2.75, 3.05) is 6.61 Å². The summed E-state index contributed by atoms with van der Waals surface area (Å²) in [6.45, 7) is 7.08. The Morgan fingerprint density at radius 1 is 1.21 bits per heavy atom. The molecular weight excluding hydrogens is 368 g/mol. The van der Waals surface area contributed by atoms with E-state index in [1.807, 2.05) is 18.2 Å². The van der Waals surface area contributed by atoms with Crippen LogP contribution in [0.5, 0.6) is 5.75 Å². The smallest absolute Gasteiger partial charge is 0.311 e. The van der Waals surface area contributed by atoms with Crippen LogP contribution in [0.2, 0.25) is 0 Å². The normalized spacial score (nSPS) is 15.1. The Morgan fingerprint density at radius 3 is 2.75 bits per heavy atom. The first-order chi connectivity index (χ1) is 13.3. The standard InChI is InChI=1S/C24H26O3S/c1-24(2,3)14-18(23(25)26)22-21(17-8-4-5-9-20(17)28-22)16-10-11-19-15(13-16)7-6-12-27-19/h4-5,8-11,13,18H,6-7,12,14H2,1-3H3,(H,25,26). The molecule has 4 rings (SSSR count). The third kappa shape index (κ3) is 3.66. The van der Waals surface area contributed by atoms with Gasteiger partial charge in [0.2, 0.25) is 0 Å². The molecule has 4 heteroatoms. The number of aryl methyl sites for hydroxylation is 1. The van der Waals surface area contributed by atoms with Crippen molar-refractivity contribution in [1.82, 2.24) is 0 Å². The molecule has 146 valence electrons. The molecule has 1 aromatic heterocycles. The number of rotatable bonds is 4. The zero-order chi connectivity index (χ0) is 19.9. The molecule has 0 radical (unpaired) electrons. The Morgan fingerprint density at radius 2 is 2.00 bits per heavy atom. The minimum atomic E-state index is -0.746. The maximum Gasteiger partial charge on any atom is 0.311 e. The van der Waals surface area contributed by atoms with Crippen molar-refractivity contribution in [3.05, 3.63) is 52.9 Å². The first kappa shape index (κ1) is 19.0. The van der Waals surface area contributed by atoms with E-state index in [2.05, 4.69) is 45.0 Å². The molecule has 3 aromatic rings. The number of fused-ring (bicyclic) bond motifs is 2. The Kier molecular flexibility index (Phi) is 4.92. The largest absolute Gasteiger partial charge is 0.493 e. The highest BCUT2D eigenvalue weighted by molar-refractivity contribution is 7.19. The van der Waals surface area contributed by atoms with Crippen LogP contribution in [0.3, 0.4) is 0 Å². The number of carbonyl (C=O) groups is 1. The number of benzene rings is 2. The minimum Gasteiger partial charge on any atom is -0.493 e. The lowest BCUT2D eigenvalue weighted by Gasteiger charge is -2.24. The third-order valence-electron chi connectivity index (χ3n) is 5.25. The number of aliphatic carboxylic acids is 1. The molecule has 0 saturated carbocycles.